The lowest BCUT2D eigenvalue weighted by Crippen LogP contribution is -2.03. The molecule has 102 valence electrons. The van der Waals surface area contributed by atoms with Gasteiger partial charge in [0.25, 0.3) is 0 Å². The Morgan fingerprint density at radius 3 is 2.84 bits per heavy atom. The van der Waals surface area contributed by atoms with Crippen molar-refractivity contribution in [3.05, 3.63) is 34.7 Å². The van der Waals surface area contributed by atoms with Crippen molar-refractivity contribution in [1.29, 1.82) is 0 Å². The average molecular weight is 280 g/mol. The zero-order valence-electron chi connectivity index (χ0n) is 10.7. The maximum atomic E-state index is 11.3. The Bertz CT molecular complexity index is 562. The largest absolute Gasteiger partial charge is 0.477 e. The second-order valence-corrected chi connectivity index (χ2v) is 5.16. The van der Waals surface area contributed by atoms with E-state index in [0.717, 1.165) is 22.1 Å². The lowest BCUT2D eigenvalue weighted by atomic mass is 10.1. The van der Waals surface area contributed by atoms with Gasteiger partial charge in [0.2, 0.25) is 0 Å². The summed E-state index contributed by atoms with van der Waals surface area (Å²) >= 11 is 1.30. The van der Waals surface area contributed by atoms with Gasteiger partial charge < -0.3 is 14.6 Å². The highest BCUT2D eigenvalue weighted by Crippen LogP contribution is 2.31. The summed E-state index contributed by atoms with van der Waals surface area (Å²) in [5.74, 6) is -0.892. The molecule has 1 aromatic heterocycles. The van der Waals surface area contributed by atoms with Gasteiger partial charge in [0.1, 0.15) is 4.88 Å². The summed E-state index contributed by atoms with van der Waals surface area (Å²) in [5.41, 5.74) is 0.769. The fourth-order valence-corrected chi connectivity index (χ4v) is 2.94. The number of hydrogen-bond donors (Lipinski definition) is 1. The molecular formula is C14H16O4S. The first-order valence-electron chi connectivity index (χ1n) is 6.04. The van der Waals surface area contributed by atoms with E-state index in [1.54, 1.807) is 7.11 Å². The summed E-state index contributed by atoms with van der Waals surface area (Å²) < 4.78 is 11.5. The first kappa shape index (κ1) is 14.0. The summed E-state index contributed by atoms with van der Waals surface area (Å²) in [4.78, 5) is 11.6. The van der Waals surface area contributed by atoms with Crippen LogP contribution in [-0.2, 0) is 16.1 Å². The van der Waals surface area contributed by atoms with Gasteiger partial charge in [-0.05, 0) is 17.9 Å². The molecule has 0 saturated carbocycles. The normalized spacial score (nSPS) is 11.0. The molecule has 0 aliphatic carbocycles. The number of rotatable bonds is 7. The van der Waals surface area contributed by atoms with Crippen molar-refractivity contribution in [3.8, 4) is 0 Å². The minimum Gasteiger partial charge on any atom is -0.477 e. The van der Waals surface area contributed by atoms with E-state index in [0.29, 0.717) is 24.7 Å². The number of carbonyl (C=O) groups is 1. The first-order chi connectivity index (χ1) is 9.24. The third-order valence-corrected chi connectivity index (χ3v) is 3.98. The number of benzene rings is 1. The van der Waals surface area contributed by atoms with Crippen LogP contribution in [-0.4, -0.2) is 31.4 Å². The molecule has 1 N–H and O–H groups in total. The second-order valence-electron chi connectivity index (χ2n) is 4.11. The first-order valence-corrected chi connectivity index (χ1v) is 6.86. The summed E-state index contributed by atoms with van der Waals surface area (Å²) in [7, 11) is 1.65. The zero-order chi connectivity index (χ0) is 13.7. The molecule has 19 heavy (non-hydrogen) atoms. The highest BCUT2D eigenvalue weighted by molar-refractivity contribution is 7.21. The fraction of sp³-hybridized carbons (Fsp3) is 0.357. The number of carboxylic acid groups (broad SMARTS) is 1. The van der Waals surface area contributed by atoms with Crippen LogP contribution >= 0.6 is 11.3 Å². The van der Waals surface area contributed by atoms with Gasteiger partial charge in [0.05, 0.1) is 6.61 Å². The highest BCUT2D eigenvalue weighted by atomic mass is 32.1. The summed E-state index contributed by atoms with van der Waals surface area (Å²) in [6.45, 7) is 1.54. The molecule has 1 aromatic carbocycles. The SMILES string of the molecule is COCCCOCc1c(C(=O)O)sc2ccccc12. The maximum Gasteiger partial charge on any atom is 0.346 e. The number of carboxylic acids is 1. The molecule has 0 saturated heterocycles. The number of fused-ring (bicyclic) bond motifs is 1. The van der Waals surface area contributed by atoms with Crippen LogP contribution in [0.4, 0.5) is 0 Å². The van der Waals surface area contributed by atoms with Gasteiger partial charge in [-0.2, -0.15) is 0 Å². The second kappa shape index (κ2) is 6.65. The predicted molar refractivity (Wildman–Crippen MR) is 74.9 cm³/mol. The highest BCUT2D eigenvalue weighted by Gasteiger charge is 2.17. The van der Waals surface area contributed by atoms with Crippen LogP contribution in [0.5, 0.6) is 0 Å². The van der Waals surface area contributed by atoms with Crippen LogP contribution in [0.25, 0.3) is 10.1 Å². The van der Waals surface area contributed by atoms with Crippen LogP contribution in [0.15, 0.2) is 24.3 Å². The van der Waals surface area contributed by atoms with Crippen molar-refractivity contribution in [2.75, 3.05) is 20.3 Å². The van der Waals surface area contributed by atoms with E-state index < -0.39 is 5.97 Å². The topological polar surface area (TPSA) is 55.8 Å². The quantitative estimate of drug-likeness (QED) is 0.792. The lowest BCUT2D eigenvalue weighted by Gasteiger charge is -2.04. The maximum absolute atomic E-state index is 11.3. The number of hydrogen-bond acceptors (Lipinski definition) is 4. The monoisotopic (exact) mass is 280 g/mol. The minimum atomic E-state index is -0.892. The molecule has 0 aliphatic rings. The lowest BCUT2D eigenvalue weighted by molar-refractivity contribution is 0.0688. The molecule has 0 atom stereocenters. The molecule has 0 amide bonds. The van der Waals surface area contributed by atoms with E-state index in [-0.39, 0.29) is 0 Å². The molecule has 1 heterocycles. The molecule has 0 fully saturated rings. The third-order valence-electron chi connectivity index (χ3n) is 2.78. The molecule has 5 heteroatoms. The summed E-state index contributed by atoms with van der Waals surface area (Å²) in [6.07, 6.45) is 0.807. The fourth-order valence-electron chi connectivity index (χ4n) is 1.89. The van der Waals surface area contributed by atoms with E-state index in [4.69, 9.17) is 9.47 Å². The Kier molecular flexibility index (Phi) is 4.90. The van der Waals surface area contributed by atoms with E-state index in [2.05, 4.69) is 0 Å². The van der Waals surface area contributed by atoms with Crippen LogP contribution in [0.1, 0.15) is 21.7 Å². The van der Waals surface area contributed by atoms with Gasteiger partial charge >= 0.3 is 5.97 Å². The Morgan fingerprint density at radius 2 is 2.11 bits per heavy atom. The number of aromatic carboxylic acids is 1. The number of thiophene rings is 1. The van der Waals surface area contributed by atoms with Gasteiger partial charge in [0, 0.05) is 30.6 Å². The Labute approximate surface area is 115 Å². The van der Waals surface area contributed by atoms with Gasteiger partial charge in [-0.15, -0.1) is 11.3 Å². The summed E-state index contributed by atoms with van der Waals surface area (Å²) in [5, 5.41) is 10.2. The standard InChI is InChI=1S/C14H16O4S/c1-17-7-4-8-18-9-11-10-5-2-3-6-12(10)19-13(11)14(15)16/h2-3,5-6H,4,7-9H2,1H3,(H,15,16). The summed E-state index contributed by atoms with van der Waals surface area (Å²) in [6, 6.07) is 7.69. The molecule has 2 aromatic rings. The van der Waals surface area contributed by atoms with Crippen molar-refractivity contribution in [2.24, 2.45) is 0 Å². The molecule has 0 spiro atoms. The van der Waals surface area contributed by atoms with Crippen LogP contribution in [0.3, 0.4) is 0 Å². The molecule has 0 unspecified atom stereocenters. The van der Waals surface area contributed by atoms with Crippen molar-refractivity contribution >= 4 is 27.4 Å². The van der Waals surface area contributed by atoms with Crippen molar-refractivity contribution in [3.63, 3.8) is 0 Å². The van der Waals surface area contributed by atoms with Gasteiger partial charge in [-0.1, -0.05) is 18.2 Å². The van der Waals surface area contributed by atoms with E-state index in [9.17, 15) is 9.90 Å². The van der Waals surface area contributed by atoms with Crippen LogP contribution < -0.4 is 0 Å². The Balaban J connectivity index is 2.15. The van der Waals surface area contributed by atoms with Crippen LogP contribution in [0, 0.1) is 0 Å². The van der Waals surface area contributed by atoms with Crippen molar-refractivity contribution in [2.45, 2.75) is 13.0 Å². The van der Waals surface area contributed by atoms with E-state index in [1.807, 2.05) is 24.3 Å². The van der Waals surface area contributed by atoms with E-state index >= 15 is 0 Å². The Hall–Kier alpha value is -1.43. The van der Waals surface area contributed by atoms with Gasteiger partial charge in [-0.25, -0.2) is 4.79 Å². The van der Waals surface area contributed by atoms with Crippen LogP contribution in [0.2, 0.25) is 0 Å². The number of methoxy groups -OCH3 is 1. The Morgan fingerprint density at radius 1 is 1.32 bits per heavy atom. The molecular weight excluding hydrogens is 264 g/mol. The van der Waals surface area contributed by atoms with Gasteiger partial charge in [0.15, 0.2) is 0 Å². The molecule has 0 radical (unpaired) electrons. The molecule has 4 nitrogen and oxygen atoms in total. The van der Waals surface area contributed by atoms with Crippen molar-refractivity contribution < 1.29 is 19.4 Å². The number of ether oxygens (including phenoxy) is 2. The smallest absolute Gasteiger partial charge is 0.346 e. The third kappa shape index (κ3) is 3.32. The molecule has 0 aliphatic heterocycles. The minimum absolute atomic E-state index is 0.329. The van der Waals surface area contributed by atoms with Gasteiger partial charge in [-0.3, -0.25) is 0 Å². The predicted octanol–water partition coefficient (Wildman–Crippen LogP) is 3.15. The zero-order valence-corrected chi connectivity index (χ0v) is 11.5. The van der Waals surface area contributed by atoms with Crippen molar-refractivity contribution in [1.82, 2.24) is 0 Å². The molecule has 2 rings (SSSR count). The molecule has 0 bridgehead atoms. The average Bonchev–Trinajstić information content (AvgIpc) is 2.78. The van der Waals surface area contributed by atoms with E-state index in [1.165, 1.54) is 11.3 Å².